The van der Waals surface area contributed by atoms with Gasteiger partial charge in [0.15, 0.2) is 0 Å². The largest absolute Gasteiger partial charge is 0.464 e. The number of amides is 1. The van der Waals surface area contributed by atoms with Gasteiger partial charge in [-0.1, -0.05) is 159 Å². The topological polar surface area (TPSA) is 64.6 Å². The van der Waals surface area contributed by atoms with E-state index in [4.69, 9.17) is 9.47 Å². The van der Waals surface area contributed by atoms with Gasteiger partial charge in [0.1, 0.15) is 11.6 Å². The summed E-state index contributed by atoms with van der Waals surface area (Å²) in [6.07, 6.45) is 26.6. The first kappa shape index (κ1) is 37.0. The van der Waals surface area contributed by atoms with Gasteiger partial charge in [0.2, 0.25) is 0 Å². The lowest BCUT2D eigenvalue weighted by molar-refractivity contribution is -0.146. The summed E-state index contributed by atoms with van der Waals surface area (Å²) in [5, 5.41) is 2.70. The molecule has 0 aliphatic rings. The van der Waals surface area contributed by atoms with Crippen LogP contribution in [0.25, 0.3) is 0 Å². The smallest absolute Gasteiger partial charge is 0.408 e. The Bertz CT molecular complexity index is 759. The van der Waals surface area contributed by atoms with Crippen LogP contribution in [0.1, 0.15) is 162 Å². The predicted octanol–water partition coefficient (Wildman–Crippen LogP) is 10.5. The number of hydrogen-bond acceptors (Lipinski definition) is 4. The summed E-state index contributed by atoms with van der Waals surface area (Å²) in [6.45, 7) is 8.08. The predicted molar refractivity (Wildman–Crippen MR) is 172 cm³/mol. The van der Waals surface area contributed by atoms with E-state index in [-0.39, 0.29) is 0 Å². The Labute approximate surface area is 252 Å². The number of rotatable bonds is 25. The zero-order valence-electron chi connectivity index (χ0n) is 27.2. The Kier molecular flexibility index (Phi) is 22.1. The molecular weight excluding hydrogens is 510 g/mol. The second-order valence-corrected chi connectivity index (χ2v) is 12.8. The number of benzene rings is 1. The third-order valence-electron chi connectivity index (χ3n) is 7.50. The van der Waals surface area contributed by atoms with Crippen molar-refractivity contribution in [2.75, 3.05) is 6.61 Å². The zero-order chi connectivity index (χ0) is 30.0. The van der Waals surface area contributed by atoms with Gasteiger partial charge in [-0.25, -0.2) is 9.59 Å². The van der Waals surface area contributed by atoms with Crippen molar-refractivity contribution in [3.8, 4) is 0 Å². The maximum absolute atomic E-state index is 12.8. The highest BCUT2D eigenvalue weighted by molar-refractivity contribution is 5.81. The number of ether oxygens (including phenoxy) is 2. The number of nitrogens with one attached hydrogen (secondary N) is 1. The second kappa shape index (κ2) is 24.5. The number of unbranched alkanes of at least 4 members (excludes halogenated alkanes) is 19. The van der Waals surface area contributed by atoms with E-state index in [2.05, 4.69) is 12.2 Å². The monoisotopic (exact) mass is 573 g/mol. The molecule has 41 heavy (non-hydrogen) atoms. The van der Waals surface area contributed by atoms with E-state index in [1.807, 2.05) is 30.3 Å². The molecule has 1 atom stereocenters. The third kappa shape index (κ3) is 23.2. The maximum Gasteiger partial charge on any atom is 0.408 e. The van der Waals surface area contributed by atoms with Gasteiger partial charge in [-0.05, 0) is 32.8 Å². The molecule has 0 spiro atoms. The molecule has 1 aromatic rings. The summed E-state index contributed by atoms with van der Waals surface area (Å²) in [5.41, 5.74) is 0.335. The van der Waals surface area contributed by atoms with E-state index in [0.717, 1.165) is 18.4 Å². The SMILES string of the molecule is CCCCCCCCCCCCCCCCCCCCCCOC(=O)[C@H](Cc1ccccc1)NC(=O)OC(C)(C)C. The number of alkyl carbamates (subject to hydrolysis) is 1. The standard InChI is InChI=1S/C36H63NO4/c1-5-6-7-8-9-10-11-12-13-14-15-16-17-18-19-20-21-22-23-27-30-40-34(38)33(31-32-28-25-24-26-29-32)37-35(39)41-36(2,3)4/h24-26,28-29,33H,5-23,27,30-31H2,1-4H3,(H,37,39)/t33-/m0/s1. The quantitative estimate of drug-likeness (QED) is 0.0933. The van der Waals surface area contributed by atoms with Gasteiger partial charge in [-0.3, -0.25) is 0 Å². The van der Waals surface area contributed by atoms with Crippen LogP contribution in [-0.4, -0.2) is 30.3 Å². The Morgan fingerprint density at radius 1 is 0.659 bits per heavy atom. The highest BCUT2D eigenvalue weighted by atomic mass is 16.6. The normalized spacial score (nSPS) is 12.2. The van der Waals surface area contributed by atoms with Crippen molar-refractivity contribution in [2.45, 2.75) is 174 Å². The molecule has 0 aromatic heterocycles. The van der Waals surface area contributed by atoms with Crippen molar-refractivity contribution < 1.29 is 19.1 Å². The average Bonchev–Trinajstić information content (AvgIpc) is 2.93. The lowest BCUT2D eigenvalue weighted by Gasteiger charge is -2.23. The number of carbonyl (C=O) groups excluding carboxylic acids is 2. The summed E-state index contributed by atoms with van der Waals surface area (Å²) in [5.74, 6) is -0.405. The van der Waals surface area contributed by atoms with E-state index in [0.29, 0.717) is 13.0 Å². The van der Waals surface area contributed by atoms with E-state index < -0.39 is 23.7 Å². The number of esters is 1. The average molecular weight is 574 g/mol. The molecule has 0 aliphatic heterocycles. The summed E-state index contributed by atoms with van der Waals surface area (Å²) in [4.78, 5) is 25.0. The molecule has 0 aliphatic carbocycles. The van der Waals surface area contributed by atoms with Crippen molar-refractivity contribution in [2.24, 2.45) is 0 Å². The molecule has 1 rings (SSSR count). The fourth-order valence-electron chi connectivity index (χ4n) is 5.12. The van der Waals surface area contributed by atoms with Gasteiger partial charge in [0, 0.05) is 6.42 Å². The Morgan fingerprint density at radius 3 is 1.49 bits per heavy atom. The van der Waals surface area contributed by atoms with Gasteiger partial charge in [-0.2, -0.15) is 0 Å². The molecule has 0 saturated carbocycles. The maximum atomic E-state index is 12.8. The molecular formula is C36H63NO4. The zero-order valence-corrected chi connectivity index (χ0v) is 27.2. The van der Waals surface area contributed by atoms with Crippen LogP contribution in [0.3, 0.4) is 0 Å². The fraction of sp³-hybridized carbons (Fsp3) is 0.778. The first-order valence-electron chi connectivity index (χ1n) is 17.0. The van der Waals surface area contributed by atoms with Crippen LogP contribution in [-0.2, 0) is 20.7 Å². The first-order valence-corrected chi connectivity index (χ1v) is 17.0. The van der Waals surface area contributed by atoms with Gasteiger partial charge in [-0.15, -0.1) is 0 Å². The molecule has 0 unspecified atom stereocenters. The van der Waals surface area contributed by atoms with Crippen LogP contribution in [0.5, 0.6) is 0 Å². The van der Waals surface area contributed by atoms with E-state index >= 15 is 0 Å². The van der Waals surface area contributed by atoms with Crippen molar-refractivity contribution in [3.05, 3.63) is 35.9 Å². The molecule has 236 valence electrons. The van der Waals surface area contributed by atoms with E-state index in [1.54, 1.807) is 20.8 Å². The minimum absolute atomic E-state index is 0.373. The van der Waals surface area contributed by atoms with Crippen LogP contribution < -0.4 is 5.32 Å². The number of carbonyl (C=O) groups is 2. The minimum atomic E-state index is -0.766. The molecule has 5 nitrogen and oxygen atoms in total. The summed E-state index contributed by atoms with van der Waals surface area (Å²) < 4.78 is 10.9. The van der Waals surface area contributed by atoms with Crippen LogP contribution in [0.2, 0.25) is 0 Å². The second-order valence-electron chi connectivity index (χ2n) is 12.8. The van der Waals surface area contributed by atoms with Gasteiger partial charge >= 0.3 is 12.1 Å². The molecule has 5 heteroatoms. The Hall–Kier alpha value is -2.04. The highest BCUT2D eigenvalue weighted by Crippen LogP contribution is 2.15. The summed E-state index contributed by atoms with van der Waals surface area (Å²) >= 11 is 0. The van der Waals surface area contributed by atoms with E-state index in [1.165, 1.54) is 116 Å². The van der Waals surface area contributed by atoms with Crippen molar-refractivity contribution in [1.29, 1.82) is 0 Å². The lowest BCUT2D eigenvalue weighted by Crippen LogP contribution is -2.45. The van der Waals surface area contributed by atoms with Crippen LogP contribution in [0.4, 0.5) is 4.79 Å². The highest BCUT2D eigenvalue weighted by Gasteiger charge is 2.25. The lowest BCUT2D eigenvalue weighted by atomic mass is 10.0. The van der Waals surface area contributed by atoms with Crippen LogP contribution in [0, 0.1) is 0 Å². The third-order valence-corrected chi connectivity index (χ3v) is 7.50. The van der Waals surface area contributed by atoms with Crippen LogP contribution in [0.15, 0.2) is 30.3 Å². The molecule has 0 saturated heterocycles. The Balaban J connectivity index is 2.02. The number of hydrogen-bond donors (Lipinski definition) is 1. The molecule has 1 amide bonds. The van der Waals surface area contributed by atoms with Gasteiger partial charge in [0.05, 0.1) is 6.61 Å². The molecule has 0 heterocycles. The van der Waals surface area contributed by atoms with Crippen molar-refractivity contribution >= 4 is 12.1 Å². The molecule has 0 bridgehead atoms. The molecule has 1 aromatic carbocycles. The van der Waals surface area contributed by atoms with Crippen molar-refractivity contribution in [3.63, 3.8) is 0 Å². The summed E-state index contributed by atoms with van der Waals surface area (Å²) in [7, 11) is 0. The molecule has 0 radical (unpaired) electrons. The minimum Gasteiger partial charge on any atom is -0.464 e. The van der Waals surface area contributed by atoms with Gasteiger partial charge < -0.3 is 14.8 Å². The molecule has 0 fully saturated rings. The fourth-order valence-corrected chi connectivity index (χ4v) is 5.12. The van der Waals surface area contributed by atoms with E-state index in [9.17, 15) is 9.59 Å². The summed E-state index contributed by atoms with van der Waals surface area (Å²) in [6, 6.07) is 8.89. The first-order chi connectivity index (χ1) is 19.8. The van der Waals surface area contributed by atoms with Gasteiger partial charge in [0.25, 0.3) is 0 Å². The molecule has 1 N–H and O–H groups in total. The van der Waals surface area contributed by atoms with Crippen LogP contribution >= 0.6 is 0 Å². The Morgan fingerprint density at radius 2 is 1.07 bits per heavy atom. The van der Waals surface area contributed by atoms with Crippen molar-refractivity contribution in [1.82, 2.24) is 5.32 Å².